The van der Waals surface area contributed by atoms with Gasteiger partial charge in [-0.25, -0.2) is 4.39 Å². The van der Waals surface area contributed by atoms with Crippen LogP contribution in [0.2, 0.25) is 0 Å². The molecule has 1 aliphatic rings. The molecule has 0 saturated carbocycles. The van der Waals surface area contributed by atoms with Crippen LogP contribution < -0.4 is 5.32 Å². The average Bonchev–Trinajstić information content (AvgIpc) is 3.08. The fourth-order valence-corrected chi connectivity index (χ4v) is 3.20. The van der Waals surface area contributed by atoms with Crippen LogP contribution in [0.5, 0.6) is 0 Å². The molecule has 2 aromatic rings. The monoisotopic (exact) mass is 330 g/mol. The van der Waals surface area contributed by atoms with Gasteiger partial charge in [0.15, 0.2) is 0 Å². The molecule has 24 heavy (non-hydrogen) atoms. The fourth-order valence-electron chi connectivity index (χ4n) is 3.20. The summed E-state index contributed by atoms with van der Waals surface area (Å²) in [5, 5.41) is 2.87. The fraction of sp³-hybridized carbons (Fsp3) is 0.421. The first-order valence-corrected chi connectivity index (χ1v) is 8.45. The molecule has 5 heteroatoms. The van der Waals surface area contributed by atoms with Crippen LogP contribution in [0.3, 0.4) is 0 Å². The smallest absolute Gasteiger partial charge is 0.234 e. The normalized spacial score (nSPS) is 16.2. The summed E-state index contributed by atoms with van der Waals surface area (Å²) in [5.74, 6) is 1.18. The van der Waals surface area contributed by atoms with Gasteiger partial charge in [-0.15, -0.1) is 0 Å². The minimum atomic E-state index is -0.168. The van der Waals surface area contributed by atoms with Crippen LogP contribution >= 0.6 is 0 Å². The van der Waals surface area contributed by atoms with Crippen LogP contribution in [0.25, 0.3) is 0 Å². The third kappa shape index (κ3) is 4.93. The summed E-state index contributed by atoms with van der Waals surface area (Å²) in [4.78, 5) is 14.2. The number of furan rings is 1. The predicted octanol–water partition coefficient (Wildman–Crippen LogP) is 2.99. The van der Waals surface area contributed by atoms with Crippen molar-refractivity contribution in [3.8, 4) is 0 Å². The Labute approximate surface area is 141 Å². The Morgan fingerprint density at radius 2 is 2.08 bits per heavy atom. The molecule has 0 atom stereocenters. The molecule has 0 radical (unpaired) electrons. The van der Waals surface area contributed by atoms with Gasteiger partial charge in [0.2, 0.25) is 5.91 Å². The molecule has 1 amide bonds. The number of rotatable bonds is 6. The van der Waals surface area contributed by atoms with Crippen LogP contribution in [0, 0.1) is 11.7 Å². The molecule has 1 aromatic heterocycles. The summed E-state index contributed by atoms with van der Waals surface area (Å²) >= 11 is 0. The van der Waals surface area contributed by atoms with E-state index in [4.69, 9.17) is 4.42 Å². The highest BCUT2D eigenvalue weighted by atomic mass is 19.1. The van der Waals surface area contributed by atoms with Crippen molar-refractivity contribution in [3.05, 3.63) is 59.8 Å². The Balaban J connectivity index is 1.38. The van der Waals surface area contributed by atoms with Crippen molar-refractivity contribution in [1.29, 1.82) is 0 Å². The second-order valence-electron chi connectivity index (χ2n) is 6.41. The minimum Gasteiger partial charge on any atom is -0.467 e. The number of halogens is 1. The van der Waals surface area contributed by atoms with Crippen molar-refractivity contribution >= 4 is 5.91 Å². The van der Waals surface area contributed by atoms with Gasteiger partial charge in [-0.05, 0) is 68.1 Å². The first kappa shape index (κ1) is 16.7. The molecule has 3 rings (SSSR count). The van der Waals surface area contributed by atoms with E-state index in [-0.39, 0.29) is 11.7 Å². The van der Waals surface area contributed by atoms with E-state index in [1.807, 2.05) is 18.2 Å². The Bertz CT molecular complexity index is 649. The Morgan fingerprint density at radius 3 is 2.79 bits per heavy atom. The van der Waals surface area contributed by atoms with Crippen LogP contribution in [-0.2, 0) is 17.8 Å². The van der Waals surface area contributed by atoms with E-state index in [2.05, 4.69) is 10.2 Å². The van der Waals surface area contributed by atoms with Gasteiger partial charge in [0, 0.05) is 0 Å². The van der Waals surface area contributed by atoms with E-state index < -0.39 is 0 Å². The van der Waals surface area contributed by atoms with E-state index in [1.54, 1.807) is 18.4 Å². The van der Waals surface area contributed by atoms with Gasteiger partial charge in [0.05, 0.1) is 19.4 Å². The number of amides is 1. The molecule has 0 spiro atoms. The summed E-state index contributed by atoms with van der Waals surface area (Å²) < 4.78 is 18.4. The van der Waals surface area contributed by atoms with Gasteiger partial charge in [-0.3, -0.25) is 9.69 Å². The third-order valence-electron chi connectivity index (χ3n) is 4.53. The molecule has 1 N–H and O–H groups in total. The highest BCUT2D eigenvalue weighted by molar-refractivity contribution is 5.77. The third-order valence-corrected chi connectivity index (χ3v) is 4.53. The van der Waals surface area contributed by atoms with Crippen molar-refractivity contribution in [2.75, 3.05) is 19.6 Å². The number of nitrogens with one attached hydrogen (secondary N) is 1. The van der Waals surface area contributed by atoms with Crippen LogP contribution in [0.4, 0.5) is 4.39 Å². The molecule has 1 saturated heterocycles. The summed E-state index contributed by atoms with van der Waals surface area (Å²) in [7, 11) is 0. The van der Waals surface area contributed by atoms with Crippen molar-refractivity contribution in [1.82, 2.24) is 10.2 Å². The van der Waals surface area contributed by atoms with Gasteiger partial charge >= 0.3 is 0 Å². The summed E-state index contributed by atoms with van der Waals surface area (Å²) in [5.41, 5.74) is 1.06. The zero-order valence-corrected chi connectivity index (χ0v) is 13.7. The number of piperidine rings is 1. The maximum absolute atomic E-state index is 13.2. The number of hydrogen-bond acceptors (Lipinski definition) is 3. The van der Waals surface area contributed by atoms with E-state index in [0.29, 0.717) is 19.0 Å². The van der Waals surface area contributed by atoms with Crippen molar-refractivity contribution in [2.45, 2.75) is 25.8 Å². The highest BCUT2D eigenvalue weighted by Gasteiger charge is 2.21. The quantitative estimate of drug-likeness (QED) is 0.886. The molecule has 0 bridgehead atoms. The molecule has 4 nitrogen and oxygen atoms in total. The van der Waals surface area contributed by atoms with Crippen LogP contribution in [0.15, 0.2) is 47.1 Å². The van der Waals surface area contributed by atoms with E-state index in [0.717, 1.165) is 43.7 Å². The first-order valence-electron chi connectivity index (χ1n) is 8.45. The Morgan fingerprint density at radius 1 is 1.25 bits per heavy atom. The molecule has 0 aliphatic carbocycles. The van der Waals surface area contributed by atoms with E-state index in [1.165, 1.54) is 6.07 Å². The lowest BCUT2D eigenvalue weighted by atomic mass is 9.90. The lowest BCUT2D eigenvalue weighted by molar-refractivity contribution is -0.122. The zero-order valence-electron chi connectivity index (χ0n) is 13.7. The van der Waals surface area contributed by atoms with Crippen molar-refractivity contribution in [3.63, 3.8) is 0 Å². The van der Waals surface area contributed by atoms with Gasteiger partial charge in [0.1, 0.15) is 11.6 Å². The lowest BCUT2D eigenvalue weighted by Gasteiger charge is -2.31. The zero-order chi connectivity index (χ0) is 16.8. The maximum atomic E-state index is 13.2. The largest absolute Gasteiger partial charge is 0.467 e. The number of hydrogen-bond donors (Lipinski definition) is 1. The van der Waals surface area contributed by atoms with Crippen molar-refractivity contribution < 1.29 is 13.6 Å². The van der Waals surface area contributed by atoms with Gasteiger partial charge in [-0.1, -0.05) is 12.1 Å². The SMILES string of the molecule is O=C(CN1CCC(Cc2cccc(F)c2)CC1)NCc1ccco1. The number of likely N-dealkylation sites (tertiary alicyclic amines) is 1. The lowest BCUT2D eigenvalue weighted by Crippen LogP contribution is -2.41. The van der Waals surface area contributed by atoms with E-state index >= 15 is 0 Å². The topological polar surface area (TPSA) is 45.5 Å². The number of carbonyl (C=O) groups excluding carboxylic acids is 1. The van der Waals surface area contributed by atoms with Crippen molar-refractivity contribution in [2.24, 2.45) is 5.92 Å². The minimum absolute atomic E-state index is 0.0231. The Kier molecular flexibility index (Phi) is 5.64. The summed E-state index contributed by atoms with van der Waals surface area (Å²) in [6, 6.07) is 10.5. The molecule has 2 heterocycles. The van der Waals surface area contributed by atoms with Crippen LogP contribution in [0.1, 0.15) is 24.2 Å². The second-order valence-corrected chi connectivity index (χ2v) is 6.41. The highest BCUT2D eigenvalue weighted by Crippen LogP contribution is 2.21. The summed E-state index contributed by atoms with van der Waals surface area (Å²) in [6.07, 6.45) is 4.60. The summed E-state index contributed by atoms with van der Waals surface area (Å²) in [6.45, 7) is 2.68. The molecule has 1 aliphatic heterocycles. The average molecular weight is 330 g/mol. The Hall–Kier alpha value is -2.14. The van der Waals surface area contributed by atoms with Crippen LogP contribution in [-0.4, -0.2) is 30.4 Å². The standard InChI is InChI=1S/C19H23FN2O2/c20-17-4-1-3-16(12-17)11-15-6-8-22(9-7-15)14-19(23)21-13-18-5-2-10-24-18/h1-5,10,12,15H,6-9,11,13-14H2,(H,21,23). The molecular weight excluding hydrogens is 307 g/mol. The van der Waals surface area contributed by atoms with Gasteiger partial charge in [0.25, 0.3) is 0 Å². The maximum Gasteiger partial charge on any atom is 0.234 e. The molecule has 1 fully saturated rings. The van der Waals surface area contributed by atoms with Gasteiger partial charge in [-0.2, -0.15) is 0 Å². The van der Waals surface area contributed by atoms with Gasteiger partial charge < -0.3 is 9.73 Å². The second kappa shape index (κ2) is 8.11. The molecule has 1 aromatic carbocycles. The van der Waals surface area contributed by atoms with E-state index in [9.17, 15) is 9.18 Å². The number of carbonyl (C=O) groups is 1. The molecule has 128 valence electrons. The molecule has 0 unspecified atom stereocenters. The molecular formula is C19H23FN2O2. The first-order chi connectivity index (χ1) is 11.7. The number of nitrogens with zero attached hydrogens (tertiary/aromatic N) is 1. The predicted molar refractivity (Wildman–Crippen MR) is 89.8 cm³/mol. The number of benzene rings is 1.